The van der Waals surface area contributed by atoms with Gasteiger partial charge in [0.05, 0.1) is 13.7 Å². The molecule has 0 fully saturated rings. The second-order valence-corrected chi connectivity index (χ2v) is 8.11. The van der Waals surface area contributed by atoms with E-state index >= 15 is 0 Å². The highest BCUT2D eigenvalue weighted by molar-refractivity contribution is 7.17. The summed E-state index contributed by atoms with van der Waals surface area (Å²) in [5, 5.41) is 6.67. The molecule has 7 nitrogen and oxygen atoms in total. The number of nitrogens with one attached hydrogen (secondary N) is 1. The fourth-order valence-electron chi connectivity index (χ4n) is 2.78. The van der Waals surface area contributed by atoms with Gasteiger partial charge in [-0.2, -0.15) is 0 Å². The molecule has 0 aliphatic carbocycles. The van der Waals surface area contributed by atoms with Gasteiger partial charge in [0.1, 0.15) is 16.3 Å². The average Bonchev–Trinajstić information content (AvgIpc) is 3.46. The third-order valence-corrected chi connectivity index (χ3v) is 5.99. The Balaban J connectivity index is 1.64. The first-order valence-corrected chi connectivity index (χ1v) is 11.4. The van der Waals surface area contributed by atoms with E-state index in [4.69, 9.17) is 14.2 Å². The second-order valence-electron chi connectivity index (χ2n) is 6.28. The van der Waals surface area contributed by atoms with Gasteiger partial charge in [0.25, 0.3) is 5.91 Å². The molecule has 0 unspecified atom stereocenters. The van der Waals surface area contributed by atoms with Crippen molar-refractivity contribution in [2.45, 2.75) is 6.92 Å². The molecule has 0 saturated carbocycles. The van der Waals surface area contributed by atoms with E-state index in [9.17, 15) is 14.4 Å². The minimum Gasteiger partial charge on any atom is -0.496 e. The number of carbonyl (C=O) groups excluding carboxylic acids is 3. The Hall–Kier alpha value is -3.43. The zero-order valence-electron chi connectivity index (χ0n) is 17.5. The van der Waals surface area contributed by atoms with Crippen LogP contribution in [0.1, 0.15) is 22.8 Å². The predicted octanol–water partition coefficient (Wildman–Crippen LogP) is 4.86. The minimum absolute atomic E-state index is 0.210. The molecule has 0 aliphatic rings. The van der Waals surface area contributed by atoms with Gasteiger partial charge in [-0.25, -0.2) is 9.59 Å². The van der Waals surface area contributed by atoms with Crippen molar-refractivity contribution in [2.24, 2.45) is 0 Å². The van der Waals surface area contributed by atoms with Crippen LogP contribution in [-0.2, 0) is 19.1 Å². The normalized spacial score (nSPS) is 10.7. The quantitative estimate of drug-likeness (QED) is 0.354. The number of amides is 1. The summed E-state index contributed by atoms with van der Waals surface area (Å²) in [5.41, 5.74) is 1.68. The minimum atomic E-state index is -0.679. The number of rotatable bonds is 9. The summed E-state index contributed by atoms with van der Waals surface area (Å²) in [6.07, 6.45) is 2.76. The smallest absolute Gasteiger partial charge is 0.341 e. The first-order valence-electron chi connectivity index (χ1n) is 9.63. The summed E-state index contributed by atoms with van der Waals surface area (Å²) in [7, 11) is 1.54. The Kier molecular flexibility index (Phi) is 8.18. The van der Waals surface area contributed by atoms with Crippen LogP contribution in [0.4, 0.5) is 5.00 Å². The SMILES string of the molecule is CCOC(=O)c1c(-c2cccs2)csc1NC(=O)COC(=O)/C=C/c1ccccc1OC. The lowest BCUT2D eigenvalue weighted by molar-refractivity contribution is -0.142. The number of thiophene rings is 2. The topological polar surface area (TPSA) is 90.9 Å². The highest BCUT2D eigenvalue weighted by Crippen LogP contribution is 2.38. The number of para-hydroxylation sites is 1. The Bertz CT molecular complexity index is 1120. The molecule has 0 saturated heterocycles. The molecule has 0 radical (unpaired) electrons. The van der Waals surface area contributed by atoms with E-state index < -0.39 is 24.5 Å². The number of anilines is 1. The number of benzene rings is 1. The summed E-state index contributed by atoms with van der Waals surface area (Å²) in [4.78, 5) is 37.7. The maximum Gasteiger partial charge on any atom is 0.341 e. The average molecular weight is 472 g/mol. The van der Waals surface area contributed by atoms with Crippen molar-refractivity contribution in [1.82, 2.24) is 0 Å². The fourth-order valence-corrected chi connectivity index (χ4v) is 4.57. The molecule has 3 aromatic rings. The molecule has 9 heteroatoms. The lowest BCUT2D eigenvalue weighted by Gasteiger charge is -2.08. The molecule has 0 atom stereocenters. The van der Waals surface area contributed by atoms with Crippen molar-refractivity contribution < 1.29 is 28.6 Å². The molecule has 0 bridgehead atoms. The molecule has 32 heavy (non-hydrogen) atoms. The lowest BCUT2D eigenvalue weighted by atomic mass is 10.1. The van der Waals surface area contributed by atoms with E-state index in [1.54, 1.807) is 30.5 Å². The van der Waals surface area contributed by atoms with Crippen LogP contribution in [0.25, 0.3) is 16.5 Å². The van der Waals surface area contributed by atoms with E-state index in [1.165, 1.54) is 35.9 Å². The molecule has 0 aliphatic heterocycles. The van der Waals surface area contributed by atoms with Crippen molar-refractivity contribution in [3.8, 4) is 16.2 Å². The summed E-state index contributed by atoms with van der Waals surface area (Å²) in [6.45, 7) is 1.43. The van der Waals surface area contributed by atoms with E-state index in [1.807, 2.05) is 29.6 Å². The number of hydrogen-bond donors (Lipinski definition) is 1. The first-order chi connectivity index (χ1) is 15.5. The molecule has 166 valence electrons. The van der Waals surface area contributed by atoms with Crippen molar-refractivity contribution in [3.05, 3.63) is 64.4 Å². The zero-order valence-corrected chi connectivity index (χ0v) is 19.1. The molecular formula is C23H21NO6S2. The van der Waals surface area contributed by atoms with Crippen molar-refractivity contribution in [2.75, 3.05) is 25.6 Å². The van der Waals surface area contributed by atoms with Gasteiger partial charge >= 0.3 is 11.9 Å². The van der Waals surface area contributed by atoms with Gasteiger partial charge in [0.2, 0.25) is 0 Å². The molecule has 3 rings (SSSR count). The fraction of sp³-hybridized carbons (Fsp3) is 0.174. The van der Waals surface area contributed by atoms with E-state index in [-0.39, 0.29) is 12.2 Å². The molecule has 1 aromatic carbocycles. The highest BCUT2D eigenvalue weighted by Gasteiger charge is 2.23. The van der Waals surface area contributed by atoms with E-state index in [0.717, 1.165) is 4.88 Å². The second kappa shape index (κ2) is 11.3. The number of methoxy groups -OCH3 is 1. The Morgan fingerprint density at radius 3 is 2.59 bits per heavy atom. The van der Waals surface area contributed by atoms with Crippen LogP contribution in [0, 0.1) is 0 Å². The standard InChI is InChI=1S/C23H21NO6S2/c1-3-29-23(27)21-16(18-9-6-12-31-18)14-32-22(21)24-19(25)13-30-20(26)11-10-15-7-4-5-8-17(15)28-2/h4-12,14H,3,13H2,1-2H3,(H,24,25)/b11-10+. The van der Waals surface area contributed by atoms with Crippen LogP contribution in [0.3, 0.4) is 0 Å². The van der Waals surface area contributed by atoms with Gasteiger partial charge in [-0.1, -0.05) is 24.3 Å². The summed E-state index contributed by atoms with van der Waals surface area (Å²) in [5.74, 6) is -1.15. The van der Waals surface area contributed by atoms with Crippen LogP contribution in [-0.4, -0.2) is 38.2 Å². The van der Waals surface area contributed by atoms with Crippen LogP contribution in [0.5, 0.6) is 5.75 Å². The maximum absolute atomic E-state index is 12.5. The monoisotopic (exact) mass is 471 g/mol. The zero-order chi connectivity index (χ0) is 22.9. The van der Waals surface area contributed by atoms with Crippen molar-refractivity contribution >= 4 is 51.6 Å². The summed E-state index contributed by atoms with van der Waals surface area (Å²) < 4.78 is 15.4. The van der Waals surface area contributed by atoms with Crippen LogP contribution in [0.15, 0.2) is 53.2 Å². The molecule has 2 heterocycles. The molecule has 2 aromatic heterocycles. The number of hydrogen-bond acceptors (Lipinski definition) is 8. The largest absolute Gasteiger partial charge is 0.496 e. The molecule has 0 spiro atoms. The van der Waals surface area contributed by atoms with Gasteiger partial charge in [-0.05, 0) is 30.5 Å². The molecular weight excluding hydrogens is 450 g/mol. The van der Waals surface area contributed by atoms with E-state index in [2.05, 4.69) is 5.32 Å². The van der Waals surface area contributed by atoms with Gasteiger partial charge in [-0.3, -0.25) is 4.79 Å². The van der Waals surface area contributed by atoms with Crippen LogP contribution >= 0.6 is 22.7 Å². The number of ether oxygens (including phenoxy) is 3. The highest BCUT2D eigenvalue weighted by atomic mass is 32.1. The predicted molar refractivity (Wildman–Crippen MR) is 125 cm³/mol. The third-order valence-electron chi connectivity index (χ3n) is 4.19. The van der Waals surface area contributed by atoms with Gasteiger partial charge in [0, 0.05) is 27.5 Å². The van der Waals surface area contributed by atoms with Crippen LogP contribution < -0.4 is 10.1 Å². The Morgan fingerprint density at radius 1 is 1.06 bits per heavy atom. The van der Waals surface area contributed by atoms with E-state index in [0.29, 0.717) is 21.9 Å². The van der Waals surface area contributed by atoms with Crippen LogP contribution in [0.2, 0.25) is 0 Å². The Morgan fingerprint density at radius 2 is 1.88 bits per heavy atom. The Labute approximate surface area is 193 Å². The van der Waals surface area contributed by atoms with Gasteiger partial charge in [-0.15, -0.1) is 22.7 Å². The van der Waals surface area contributed by atoms with Crippen molar-refractivity contribution in [3.63, 3.8) is 0 Å². The lowest BCUT2D eigenvalue weighted by Crippen LogP contribution is -2.21. The maximum atomic E-state index is 12.5. The number of carbonyl (C=O) groups is 3. The van der Waals surface area contributed by atoms with Gasteiger partial charge < -0.3 is 19.5 Å². The third kappa shape index (κ3) is 5.83. The number of esters is 2. The van der Waals surface area contributed by atoms with Crippen molar-refractivity contribution in [1.29, 1.82) is 0 Å². The first kappa shape index (κ1) is 23.2. The summed E-state index contributed by atoms with van der Waals surface area (Å²) in [6, 6.07) is 10.9. The van der Waals surface area contributed by atoms with Gasteiger partial charge in [0.15, 0.2) is 6.61 Å². The molecule has 1 amide bonds. The molecule has 1 N–H and O–H groups in total. The summed E-state index contributed by atoms with van der Waals surface area (Å²) >= 11 is 2.69.